The highest BCUT2D eigenvalue weighted by molar-refractivity contribution is 7.15. The third kappa shape index (κ3) is 5.75. The van der Waals surface area contributed by atoms with Crippen molar-refractivity contribution in [1.82, 2.24) is 4.90 Å². The highest BCUT2D eigenvalue weighted by Crippen LogP contribution is 2.36. The molecule has 0 atom stereocenters. The molecule has 1 aliphatic heterocycles. The van der Waals surface area contributed by atoms with Gasteiger partial charge in [-0.25, -0.2) is 4.79 Å². The van der Waals surface area contributed by atoms with Gasteiger partial charge in [0, 0.05) is 48.9 Å². The van der Waals surface area contributed by atoms with E-state index >= 15 is 0 Å². The van der Waals surface area contributed by atoms with Crippen molar-refractivity contribution in [3.8, 4) is 22.6 Å². The Morgan fingerprint density at radius 2 is 1.66 bits per heavy atom. The van der Waals surface area contributed by atoms with Gasteiger partial charge in [-0.2, -0.15) is 0 Å². The summed E-state index contributed by atoms with van der Waals surface area (Å²) >= 11 is 1.31. The van der Waals surface area contributed by atoms with Crippen LogP contribution in [0.2, 0.25) is 0 Å². The summed E-state index contributed by atoms with van der Waals surface area (Å²) in [5.74, 6) is 0.909. The van der Waals surface area contributed by atoms with Crippen molar-refractivity contribution < 1.29 is 23.8 Å². The van der Waals surface area contributed by atoms with Crippen molar-refractivity contribution in [3.05, 3.63) is 59.5 Å². The van der Waals surface area contributed by atoms with E-state index < -0.39 is 5.97 Å². The third-order valence-electron chi connectivity index (χ3n) is 5.99. The number of benzene rings is 2. The molecule has 0 unspecified atom stereocenters. The van der Waals surface area contributed by atoms with Gasteiger partial charge in [-0.05, 0) is 29.8 Å². The second kappa shape index (κ2) is 11.2. The van der Waals surface area contributed by atoms with E-state index in [9.17, 15) is 9.59 Å². The molecule has 1 aliphatic rings. The van der Waals surface area contributed by atoms with E-state index in [2.05, 4.69) is 21.2 Å². The van der Waals surface area contributed by atoms with Crippen LogP contribution in [0.5, 0.6) is 11.5 Å². The number of ether oxygens (including phenoxy) is 3. The van der Waals surface area contributed by atoms with Crippen LogP contribution in [0, 0.1) is 0 Å². The minimum absolute atomic E-state index is 0.159. The molecule has 1 fully saturated rings. The average molecular weight is 496 g/mol. The highest BCUT2D eigenvalue weighted by Gasteiger charge is 2.24. The number of piperazine rings is 1. The van der Waals surface area contributed by atoms with Crippen LogP contribution in [-0.4, -0.2) is 70.8 Å². The Morgan fingerprint density at radius 3 is 2.31 bits per heavy atom. The molecule has 1 saturated heterocycles. The Bertz CT molecular complexity index is 1170. The molecular formula is C26H29N3O5S. The molecule has 8 nitrogen and oxygen atoms in total. The van der Waals surface area contributed by atoms with E-state index in [1.165, 1.54) is 18.4 Å². The lowest BCUT2D eigenvalue weighted by Crippen LogP contribution is -2.48. The maximum atomic E-state index is 12.9. The Labute approximate surface area is 209 Å². The van der Waals surface area contributed by atoms with Crippen molar-refractivity contribution in [3.63, 3.8) is 0 Å². The average Bonchev–Trinajstić information content (AvgIpc) is 3.31. The zero-order chi connectivity index (χ0) is 24.8. The molecule has 0 aliphatic carbocycles. The van der Waals surface area contributed by atoms with Gasteiger partial charge < -0.3 is 24.4 Å². The first-order valence-corrected chi connectivity index (χ1v) is 12.2. The van der Waals surface area contributed by atoms with Crippen LogP contribution in [0.1, 0.15) is 10.4 Å². The van der Waals surface area contributed by atoms with Gasteiger partial charge in [-0.3, -0.25) is 9.69 Å². The summed E-state index contributed by atoms with van der Waals surface area (Å²) in [4.78, 5) is 29.8. The largest absolute Gasteiger partial charge is 0.497 e. The summed E-state index contributed by atoms with van der Waals surface area (Å²) in [7, 11) is 4.60. The van der Waals surface area contributed by atoms with Crippen molar-refractivity contribution in [2.24, 2.45) is 0 Å². The van der Waals surface area contributed by atoms with Crippen LogP contribution in [0.4, 0.5) is 10.7 Å². The normalized spacial score (nSPS) is 13.9. The number of hydrogen-bond acceptors (Lipinski definition) is 8. The monoisotopic (exact) mass is 495 g/mol. The zero-order valence-corrected chi connectivity index (χ0v) is 20.9. The van der Waals surface area contributed by atoms with E-state index in [1.807, 2.05) is 47.8 Å². The summed E-state index contributed by atoms with van der Waals surface area (Å²) in [5.41, 5.74) is 3.03. The molecule has 9 heteroatoms. The fourth-order valence-corrected chi connectivity index (χ4v) is 5.05. The van der Waals surface area contributed by atoms with Crippen LogP contribution < -0.4 is 19.7 Å². The Kier molecular flexibility index (Phi) is 7.89. The molecule has 1 aromatic heterocycles. The Hall–Kier alpha value is -3.56. The fraction of sp³-hybridized carbons (Fsp3) is 0.308. The second-order valence-corrected chi connectivity index (χ2v) is 8.97. The first kappa shape index (κ1) is 24.6. The Balaban J connectivity index is 1.40. The fourth-order valence-electron chi connectivity index (χ4n) is 4.08. The molecule has 0 spiro atoms. The predicted octanol–water partition coefficient (Wildman–Crippen LogP) is 3.98. The van der Waals surface area contributed by atoms with E-state index in [0.29, 0.717) is 16.1 Å². The zero-order valence-electron chi connectivity index (χ0n) is 20.1. The summed E-state index contributed by atoms with van der Waals surface area (Å²) in [6.45, 7) is 3.40. The quantitative estimate of drug-likeness (QED) is 0.474. The molecule has 0 saturated carbocycles. The van der Waals surface area contributed by atoms with E-state index in [4.69, 9.17) is 14.2 Å². The van der Waals surface area contributed by atoms with Gasteiger partial charge >= 0.3 is 5.97 Å². The smallest absolute Gasteiger partial charge is 0.341 e. The van der Waals surface area contributed by atoms with Crippen LogP contribution in [0.3, 0.4) is 0 Å². The number of carbonyl (C=O) groups excluding carboxylic acids is 2. The number of amides is 1. The van der Waals surface area contributed by atoms with Gasteiger partial charge in [0.15, 0.2) is 0 Å². The van der Waals surface area contributed by atoms with Gasteiger partial charge in [-0.15, -0.1) is 11.3 Å². The van der Waals surface area contributed by atoms with E-state index in [-0.39, 0.29) is 12.5 Å². The van der Waals surface area contributed by atoms with E-state index in [1.54, 1.807) is 14.2 Å². The number of anilines is 2. The Morgan fingerprint density at radius 1 is 0.943 bits per heavy atom. The summed E-state index contributed by atoms with van der Waals surface area (Å²) in [6, 6.07) is 15.4. The number of nitrogens with zero attached hydrogens (tertiary/aromatic N) is 2. The highest BCUT2D eigenvalue weighted by atomic mass is 32.1. The number of thiophene rings is 1. The SMILES string of the molecule is COC(=O)c1c(-c2ccc(OC)cc2)csc1NC(=O)CN1CCN(c2cccc(OC)c2)CC1. The number of rotatable bonds is 8. The van der Waals surface area contributed by atoms with Crippen LogP contribution in [0.25, 0.3) is 11.1 Å². The maximum absolute atomic E-state index is 12.9. The van der Waals surface area contributed by atoms with Gasteiger partial charge in [0.1, 0.15) is 22.1 Å². The standard InChI is InChI=1S/C26H29N3O5S/c1-32-20-9-7-18(8-10-20)22-17-35-25(24(22)26(31)34-3)27-23(30)16-28-11-13-29(14-12-28)19-5-4-6-21(15-19)33-2/h4-10,15,17H,11-14,16H2,1-3H3,(H,27,30). The maximum Gasteiger partial charge on any atom is 0.341 e. The molecule has 1 amide bonds. The van der Waals surface area contributed by atoms with Gasteiger partial charge in [0.05, 0.1) is 27.9 Å². The molecule has 35 heavy (non-hydrogen) atoms. The summed E-state index contributed by atoms with van der Waals surface area (Å²) in [6.07, 6.45) is 0. The lowest BCUT2D eigenvalue weighted by atomic mass is 10.0. The molecule has 2 aromatic carbocycles. The lowest BCUT2D eigenvalue weighted by molar-refractivity contribution is -0.117. The lowest BCUT2D eigenvalue weighted by Gasteiger charge is -2.35. The number of esters is 1. The molecule has 0 radical (unpaired) electrons. The second-order valence-electron chi connectivity index (χ2n) is 8.09. The first-order valence-electron chi connectivity index (χ1n) is 11.3. The van der Waals surface area contributed by atoms with Crippen molar-refractivity contribution in [2.75, 3.05) is 64.3 Å². The van der Waals surface area contributed by atoms with Crippen molar-refractivity contribution in [1.29, 1.82) is 0 Å². The number of hydrogen-bond donors (Lipinski definition) is 1. The third-order valence-corrected chi connectivity index (χ3v) is 6.89. The molecule has 4 rings (SSSR count). The van der Waals surface area contributed by atoms with E-state index in [0.717, 1.165) is 48.9 Å². The first-order chi connectivity index (χ1) is 17.0. The van der Waals surface area contributed by atoms with Crippen LogP contribution >= 0.6 is 11.3 Å². The van der Waals surface area contributed by atoms with Crippen molar-refractivity contribution >= 4 is 33.9 Å². The van der Waals surface area contributed by atoms with Crippen LogP contribution in [-0.2, 0) is 9.53 Å². The molecular weight excluding hydrogens is 466 g/mol. The van der Waals surface area contributed by atoms with Gasteiger partial charge in [0.25, 0.3) is 0 Å². The minimum atomic E-state index is -0.487. The predicted molar refractivity (Wildman–Crippen MR) is 138 cm³/mol. The summed E-state index contributed by atoms with van der Waals surface area (Å²) in [5, 5.41) is 5.27. The number of nitrogens with one attached hydrogen (secondary N) is 1. The molecule has 1 N–H and O–H groups in total. The van der Waals surface area contributed by atoms with Crippen LogP contribution in [0.15, 0.2) is 53.9 Å². The molecule has 3 aromatic rings. The summed E-state index contributed by atoms with van der Waals surface area (Å²) < 4.78 is 15.6. The van der Waals surface area contributed by atoms with Gasteiger partial charge in [-0.1, -0.05) is 18.2 Å². The number of methoxy groups -OCH3 is 3. The van der Waals surface area contributed by atoms with Crippen molar-refractivity contribution in [2.45, 2.75) is 0 Å². The molecule has 0 bridgehead atoms. The molecule has 2 heterocycles. The van der Waals surface area contributed by atoms with Gasteiger partial charge in [0.2, 0.25) is 5.91 Å². The number of carbonyl (C=O) groups is 2. The molecule has 184 valence electrons. The minimum Gasteiger partial charge on any atom is -0.497 e. The topological polar surface area (TPSA) is 80.3 Å².